The smallest absolute Gasteiger partial charge is 0.329 e. The Morgan fingerprint density at radius 1 is 1.05 bits per heavy atom. The zero-order valence-electron chi connectivity index (χ0n) is 20.6. The lowest BCUT2D eigenvalue weighted by atomic mass is 9.68. The van der Waals surface area contributed by atoms with E-state index in [1.807, 2.05) is 30.3 Å². The van der Waals surface area contributed by atoms with E-state index in [9.17, 15) is 25.0 Å². The molecular formula is C29H23N3O6. The number of methoxy groups -OCH3 is 2. The van der Waals surface area contributed by atoms with Gasteiger partial charge < -0.3 is 14.4 Å². The Balaban J connectivity index is 1.80. The number of non-ortho nitro benzene ring substituents is 1. The van der Waals surface area contributed by atoms with E-state index in [2.05, 4.69) is 6.07 Å². The molecule has 1 saturated heterocycles. The van der Waals surface area contributed by atoms with Gasteiger partial charge in [-0.05, 0) is 29.3 Å². The van der Waals surface area contributed by atoms with Crippen molar-refractivity contribution in [3.05, 3.63) is 106 Å². The van der Waals surface area contributed by atoms with Crippen LogP contribution in [0.25, 0.3) is 6.08 Å². The Bertz CT molecular complexity index is 1510. The van der Waals surface area contributed by atoms with Gasteiger partial charge in [0, 0.05) is 29.3 Å². The first kappa shape index (κ1) is 24.7. The van der Waals surface area contributed by atoms with Crippen molar-refractivity contribution >= 4 is 29.2 Å². The fraction of sp³-hybridized carbons (Fsp3) is 0.207. The molecule has 9 heteroatoms. The van der Waals surface area contributed by atoms with Gasteiger partial charge in [0.1, 0.15) is 11.8 Å². The molecule has 2 heterocycles. The second-order valence-corrected chi connectivity index (χ2v) is 9.11. The molecule has 0 aliphatic carbocycles. The molecule has 3 aromatic rings. The van der Waals surface area contributed by atoms with E-state index in [1.165, 1.54) is 38.5 Å². The van der Waals surface area contributed by atoms with Crippen LogP contribution in [0.4, 0.5) is 11.4 Å². The molecule has 2 aliphatic heterocycles. The summed E-state index contributed by atoms with van der Waals surface area (Å²) in [6.45, 7) is 0. The van der Waals surface area contributed by atoms with Crippen LogP contribution in [-0.4, -0.2) is 43.0 Å². The lowest BCUT2D eigenvalue weighted by Crippen LogP contribution is -2.46. The summed E-state index contributed by atoms with van der Waals surface area (Å²) in [7, 11) is 2.74. The van der Waals surface area contributed by atoms with Gasteiger partial charge in [0.15, 0.2) is 11.2 Å². The van der Waals surface area contributed by atoms with Crippen molar-refractivity contribution < 1.29 is 24.0 Å². The lowest BCUT2D eigenvalue weighted by Gasteiger charge is -2.36. The second-order valence-electron chi connectivity index (χ2n) is 9.11. The molecule has 0 unspecified atom stereocenters. The number of carbonyl (C=O) groups is 2. The zero-order valence-corrected chi connectivity index (χ0v) is 20.6. The van der Waals surface area contributed by atoms with E-state index in [4.69, 9.17) is 9.47 Å². The fourth-order valence-electron chi connectivity index (χ4n) is 5.66. The quantitative estimate of drug-likeness (QED) is 0.205. The minimum atomic E-state index is -1.80. The summed E-state index contributed by atoms with van der Waals surface area (Å²) in [5.74, 6) is -1.63. The molecule has 0 spiro atoms. The maximum atomic E-state index is 14.3. The molecule has 0 N–H and O–H groups in total. The SMILES string of the molecule is COC(=O)[C@]1(C#N)[C@H](c2ccc(OC)cc2)[C@@H](C(=O)c2cccc([N+](=O)[O-])c2)N2c3ccccc3C=C[C@H]21. The van der Waals surface area contributed by atoms with Crippen LogP contribution in [-0.2, 0) is 9.53 Å². The van der Waals surface area contributed by atoms with Gasteiger partial charge in [0.25, 0.3) is 5.69 Å². The highest BCUT2D eigenvalue weighted by molar-refractivity contribution is 6.06. The van der Waals surface area contributed by atoms with E-state index in [0.29, 0.717) is 17.0 Å². The first-order valence-corrected chi connectivity index (χ1v) is 11.8. The third-order valence-electron chi connectivity index (χ3n) is 7.34. The van der Waals surface area contributed by atoms with Gasteiger partial charge in [-0.3, -0.25) is 19.7 Å². The van der Waals surface area contributed by atoms with Crippen LogP contribution in [0, 0.1) is 26.9 Å². The normalized spacial score (nSPS) is 23.1. The van der Waals surface area contributed by atoms with Gasteiger partial charge in [0.05, 0.1) is 31.3 Å². The number of anilines is 1. The largest absolute Gasteiger partial charge is 0.497 e. The number of para-hydroxylation sites is 1. The molecule has 0 bridgehead atoms. The topological polar surface area (TPSA) is 123 Å². The van der Waals surface area contributed by atoms with Gasteiger partial charge in [-0.1, -0.05) is 54.6 Å². The second kappa shape index (κ2) is 9.48. The van der Waals surface area contributed by atoms with Crippen molar-refractivity contribution in [3.8, 4) is 11.8 Å². The number of esters is 1. The van der Waals surface area contributed by atoms with Crippen LogP contribution >= 0.6 is 0 Å². The van der Waals surface area contributed by atoms with Crippen LogP contribution < -0.4 is 9.64 Å². The van der Waals surface area contributed by atoms with Gasteiger partial charge in [-0.2, -0.15) is 5.26 Å². The number of ketones is 1. The molecule has 3 aromatic carbocycles. The molecule has 1 fully saturated rings. The van der Waals surface area contributed by atoms with Crippen LogP contribution in [0.1, 0.15) is 27.4 Å². The number of fused-ring (bicyclic) bond motifs is 3. The first-order valence-electron chi connectivity index (χ1n) is 11.8. The van der Waals surface area contributed by atoms with Crippen LogP contribution in [0.5, 0.6) is 5.75 Å². The molecule has 2 aliphatic rings. The van der Waals surface area contributed by atoms with E-state index in [1.54, 1.807) is 35.2 Å². The van der Waals surface area contributed by atoms with Crippen molar-refractivity contribution in [2.75, 3.05) is 19.1 Å². The number of nitro benzene ring substituents is 1. The minimum Gasteiger partial charge on any atom is -0.497 e. The van der Waals surface area contributed by atoms with Gasteiger partial charge in [-0.25, -0.2) is 0 Å². The van der Waals surface area contributed by atoms with Crippen LogP contribution in [0.2, 0.25) is 0 Å². The summed E-state index contributed by atoms with van der Waals surface area (Å²) < 4.78 is 10.5. The highest BCUT2D eigenvalue weighted by Gasteiger charge is 2.67. The summed E-state index contributed by atoms with van der Waals surface area (Å²) in [6.07, 6.45) is 3.58. The summed E-state index contributed by atoms with van der Waals surface area (Å²) in [5, 5.41) is 22.2. The maximum Gasteiger partial charge on any atom is 0.329 e. The maximum absolute atomic E-state index is 14.3. The fourth-order valence-corrected chi connectivity index (χ4v) is 5.66. The van der Waals surface area contributed by atoms with Crippen molar-refractivity contribution in [1.82, 2.24) is 0 Å². The zero-order chi connectivity index (χ0) is 27.0. The lowest BCUT2D eigenvalue weighted by molar-refractivity contribution is -0.384. The Morgan fingerprint density at radius 3 is 2.45 bits per heavy atom. The van der Waals surface area contributed by atoms with Crippen LogP contribution in [0.15, 0.2) is 78.9 Å². The summed E-state index contributed by atoms with van der Waals surface area (Å²) in [4.78, 5) is 40.6. The molecule has 9 nitrogen and oxygen atoms in total. The van der Waals surface area contributed by atoms with E-state index in [0.717, 1.165) is 5.56 Å². The third-order valence-corrected chi connectivity index (χ3v) is 7.34. The summed E-state index contributed by atoms with van der Waals surface area (Å²) in [5.41, 5.74) is 0.115. The van der Waals surface area contributed by atoms with Crippen molar-refractivity contribution in [2.45, 2.75) is 18.0 Å². The number of ether oxygens (including phenoxy) is 2. The Labute approximate surface area is 218 Å². The summed E-state index contributed by atoms with van der Waals surface area (Å²) in [6, 6.07) is 20.1. The molecule has 38 heavy (non-hydrogen) atoms. The van der Waals surface area contributed by atoms with Crippen molar-refractivity contribution in [2.24, 2.45) is 5.41 Å². The van der Waals surface area contributed by atoms with Crippen molar-refractivity contribution in [1.29, 1.82) is 5.26 Å². The first-order chi connectivity index (χ1) is 18.4. The number of nitro groups is 1. The highest BCUT2D eigenvalue weighted by Crippen LogP contribution is 2.56. The Hall–Kier alpha value is -4.97. The van der Waals surface area contributed by atoms with E-state index >= 15 is 0 Å². The Morgan fingerprint density at radius 2 is 1.79 bits per heavy atom. The van der Waals surface area contributed by atoms with E-state index < -0.39 is 40.1 Å². The average Bonchev–Trinajstić information content (AvgIpc) is 3.28. The molecule has 0 radical (unpaired) electrons. The predicted octanol–water partition coefficient (Wildman–Crippen LogP) is 4.54. The monoisotopic (exact) mass is 509 g/mol. The standard InChI is InChI=1S/C29H23N3O6/c1-37-22-13-10-19(11-14-22)25-26(27(33)20-7-5-8-21(16-20)32(35)36)31-23-9-4-3-6-18(23)12-15-24(31)29(25,17-30)28(34)38-2/h3-16,24-26H,1-2H3/t24-,25+,26-,29-/m0/s1. The van der Waals surface area contributed by atoms with Gasteiger partial charge in [-0.15, -0.1) is 0 Å². The molecule has 4 atom stereocenters. The molecule has 190 valence electrons. The average molecular weight is 510 g/mol. The van der Waals surface area contributed by atoms with Crippen LogP contribution in [0.3, 0.4) is 0 Å². The number of Topliss-reactive ketones (excluding diaryl/α,β-unsaturated/α-hetero) is 1. The van der Waals surface area contributed by atoms with E-state index in [-0.39, 0.29) is 11.3 Å². The number of rotatable bonds is 6. The molecule has 0 aromatic heterocycles. The minimum absolute atomic E-state index is 0.104. The molecular weight excluding hydrogens is 486 g/mol. The molecule has 0 amide bonds. The van der Waals surface area contributed by atoms with Gasteiger partial charge >= 0.3 is 5.97 Å². The number of nitriles is 1. The highest BCUT2D eigenvalue weighted by atomic mass is 16.6. The van der Waals surface area contributed by atoms with Gasteiger partial charge in [0.2, 0.25) is 0 Å². The summed E-state index contributed by atoms with van der Waals surface area (Å²) >= 11 is 0. The number of hydrogen-bond acceptors (Lipinski definition) is 8. The third kappa shape index (κ3) is 3.61. The number of benzene rings is 3. The molecule has 0 saturated carbocycles. The predicted molar refractivity (Wildman–Crippen MR) is 139 cm³/mol. The number of nitrogens with zero attached hydrogens (tertiary/aromatic N) is 3. The van der Waals surface area contributed by atoms with Crippen molar-refractivity contribution in [3.63, 3.8) is 0 Å². The Kier molecular flexibility index (Phi) is 6.17. The number of carbonyl (C=O) groups excluding carboxylic acids is 2. The molecule has 5 rings (SSSR count). The number of hydrogen-bond donors (Lipinski definition) is 0.